The number of anilines is 2. The van der Waals surface area contributed by atoms with E-state index in [-0.39, 0.29) is 12.1 Å². The number of ether oxygens (including phenoxy) is 1. The van der Waals surface area contributed by atoms with Gasteiger partial charge in [0.15, 0.2) is 0 Å². The number of amides is 2. The number of halogens is 3. The van der Waals surface area contributed by atoms with Crippen LogP contribution in [0.25, 0.3) is 11.3 Å². The maximum Gasteiger partial charge on any atom is 0.416 e. The Balaban J connectivity index is 1.61. The maximum absolute atomic E-state index is 12.9. The highest BCUT2D eigenvalue weighted by Crippen LogP contribution is 2.33. The fourth-order valence-electron chi connectivity index (χ4n) is 3.29. The molecule has 7 nitrogen and oxygen atoms in total. The molecule has 1 aliphatic rings. The third-order valence-electron chi connectivity index (χ3n) is 4.82. The van der Waals surface area contributed by atoms with Crippen LogP contribution in [0.1, 0.15) is 18.0 Å². The summed E-state index contributed by atoms with van der Waals surface area (Å²) >= 11 is 0. The van der Waals surface area contributed by atoms with Crippen LogP contribution in [0.2, 0.25) is 0 Å². The Hall–Kier alpha value is -3.82. The highest BCUT2D eigenvalue weighted by atomic mass is 19.4. The number of carbonyl (C=O) groups is 2. The zero-order valence-electron chi connectivity index (χ0n) is 16.2. The lowest BCUT2D eigenvalue weighted by atomic mass is 10.1. The van der Waals surface area contributed by atoms with Crippen molar-refractivity contribution >= 4 is 23.3 Å². The van der Waals surface area contributed by atoms with Gasteiger partial charge in [0.25, 0.3) is 0 Å². The summed E-state index contributed by atoms with van der Waals surface area (Å²) in [5.41, 5.74) is 0.369. The second-order valence-electron chi connectivity index (χ2n) is 6.92. The standard InChI is InChI=1S/C21H17F3N4O3/c1-31-15-7-5-12(6-8-15)16-10-18-26-19(29)11-17(28(18)27-16)20(30)25-14-4-2-3-13(9-14)21(22,23)24/h2-10,17H,11H2,1H3,(H,25,30)(H,26,29)/t17-/m0/s1. The Morgan fingerprint density at radius 1 is 1.19 bits per heavy atom. The van der Waals surface area contributed by atoms with E-state index in [1.807, 2.05) is 0 Å². The number of benzene rings is 2. The van der Waals surface area contributed by atoms with Gasteiger partial charge in [-0.1, -0.05) is 6.07 Å². The van der Waals surface area contributed by atoms with E-state index in [0.29, 0.717) is 17.3 Å². The molecule has 2 aromatic carbocycles. The molecular weight excluding hydrogens is 413 g/mol. The van der Waals surface area contributed by atoms with Crippen molar-refractivity contribution in [1.29, 1.82) is 0 Å². The number of rotatable bonds is 4. The summed E-state index contributed by atoms with van der Waals surface area (Å²) in [5.74, 6) is -0.0386. The fourth-order valence-corrected chi connectivity index (χ4v) is 3.29. The summed E-state index contributed by atoms with van der Waals surface area (Å²) in [6.07, 6.45) is -4.73. The summed E-state index contributed by atoms with van der Waals surface area (Å²) in [6.45, 7) is 0. The lowest BCUT2D eigenvalue weighted by Crippen LogP contribution is -2.35. The van der Waals surface area contributed by atoms with Gasteiger partial charge in [0, 0.05) is 17.3 Å². The first kappa shape index (κ1) is 20.5. The van der Waals surface area contributed by atoms with E-state index in [9.17, 15) is 22.8 Å². The normalized spacial score (nSPS) is 15.7. The second-order valence-corrected chi connectivity index (χ2v) is 6.92. The molecule has 0 radical (unpaired) electrons. The number of methoxy groups -OCH3 is 1. The lowest BCUT2D eigenvalue weighted by Gasteiger charge is -2.23. The Bertz CT molecular complexity index is 1140. The van der Waals surface area contributed by atoms with Crippen molar-refractivity contribution in [2.75, 3.05) is 17.7 Å². The number of hydrogen-bond donors (Lipinski definition) is 2. The van der Waals surface area contributed by atoms with E-state index in [0.717, 1.165) is 17.7 Å². The van der Waals surface area contributed by atoms with Crippen LogP contribution in [-0.2, 0) is 15.8 Å². The third kappa shape index (κ3) is 4.23. The molecular formula is C21H17F3N4O3. The molecule has 160 valence electrons. The molecule has 1 aliphatic heterocycles. The predicted octanol–water partition coefficient (Wildman–Crippen LogP) is 4.10. The molecule has 3 aromatic rings. The Labute approximate surface area is 174 Å². The van der Waals surface area contributed by atoms with Gasteiger partial charge in [0.05, 0.1) is 24.8 Å². The van der Waals surface area contributed by atoms with Crippen LogP contribution in [0, 0.1) is 0 Å². The number of alkyl halides is 3. The van der Waals surface area contributed by atoms with Crippen molar-refractivity contribution < 1.29 is 27.5 Å². The first-order valence-electron chi connectivity index (χ1n) is 9.26. The molecule has 31 heavy (non-hydrogen) atoms. The first-order valence-corrected chi connectivity index (χ1v) is 9.26. The van der Waals surface area contributed by atoms with Crippen LogP contribution in [0.15, 0.2) is 54.6 Å². The van der Waals surface area contributed by atoms with E-state index >= 15 is 0 Å². The van der Waals surface area contributed by atoms with Crippen LogP contribution in [0.3, 0.4) is 0 Å². The predicted molar refractivity (Wildman–Crippen MR) is 107 cm³/mol. The molecule has 2 heterocycles. The number of hydrogen-bond acceptors (Lipinski definition) is 4. The van der Waals surface area contributed by atoms with Gasteiger partial charge in [0.1, 0.15) is 17.6 Å². The summed E-state index contributed by atoms with van der Waals surface area (Å²) in [7, 11) is 1.55. The van der Waals surface area contributed by atoms with E-state index in [1.54, 1.807) is 37.4 Å². The van der Waals surface area contributed by atoms with E-state index in [2.05, 4.69) is 15.7 Å². The molecule has 0 spiro atoms. The Kier molecular flexibility index (Phi) is 5.14. The SMILES string of the molecule is COc1ccc(-c2cc3n(n2)[C@H](C(=O)Nc2cccc(C(F)(F)F)c2)CC(=O)N3)cc1. The minimum atomic E-state index is -4.53. The molecule has 0 saturated carbocycles. The summed E-state index contributed by atoms with van der Waals surface area (Å²) in [4.78, 5) is 24.9. The van der Waals surface area contributed by atoms with Crippen LogP contribution in [-0.4, -0.2) is 28.7 Å². The van der Waals surface area contributed by atoms with E-state index < -0.39 is 29.6 Å². The van der Waals surface area contributed by atoms with Crippen molar-refractivity contribution in [1.82, 2.24) is 9.78 Å². The average Bonchev–Trinajstić information content (AvgIpc) is 3.16. The summed E-state index contributed by atoms with van der Waals surface area (Å²) in [5, 5.41) is 9.54. The quantitative estimate of drug-likeness (QED) is 0.653. The van der Waals surface area contributed by atoms with Gasteiger partial charge in [-0.2, -0.15) is 18.3 Å². The number of nitrogens with zero attached hydrogens (tertiary/aromatic N) is 2. The van der Waals surface area contributed by atoms with Gasteiger partial charge in [-0.15, -0.1) is 0 Å². The molecule has 2 amide bonds. The van der Waals surface area contributed by atoms with Crippen molar-refractivity contribution in [3.63, 3.8) is 0 Å². The molecule has 1 aromatic heterocycles. The maximum atomic E-state index is 12.9. The number of aromatic nitrogens is 2. The molecule has 1 atom stereocenters. The van der Waals surface area contributed by atoms with Crippen LogP contribution >= 0.6 is 0 Å². The van der Waals surface area contributed by atoms with Crippen LogP contribution < -0.4 is 15.4 Å². The van der Waals surface area contributed by atoms with Crippen molar-refractivity contribution in [3.8, 4) is 17.0 Å². The van der Waals surface area contributed by atoms with Gasteiger partial charge >= 0.3 is 6.18 Å². The number of nitrogens with one attached hydrogen (secondary N) is 2. The highest BCUT2D eigenvalue weighted by molar-refractivity contribution is 6.01. The number of fused-ring (bicyclic) bond motifs is 1. The molecule has 10 heteroatoms. The minimum absolute atomic E-state index is 0.0186. The zero-order chi connectivity index (χ0) is 22.2. The van der Waals surface area contributed by atoms with Gasteiger partial charge in [-0.05, 0) is 42.5 Å². The largest absolute Gasteiger partial charge is 0.497 e. The molecule has 0 saturated heterocycles. The molecule has 0 aliphatic carbocycles. The summed E-state index contributed by atoms with van der Waals surface area (Å²) < 4.78 is 45.3. The Morgan fingerprint density at radius 2 is 1.94 bits per heavy atom. The fraction of sp³-hybridized carbons (Fsp3) is 0.190. The zero-order valence-corrected chi connectivity index (χ0v) is 16.2. The first-order chi connectivity index (χ1) is 14.7. The van der Waals surface area contributed by atoms with Gasteiger partial charge in [-0.3, -0.25) is 9.59 Å². The van der Waals surface area contributed by atoms with Crippen LogP contribution in [0.5, 0.6) is 5.75 Å². The lowest BCUT2D eigenvalue weighted by molar-refractivity contribution is -0.137. The Morgan fingerprint density at radius 3 is 2.61 bits per heavy atom. The van der Waals surface area contributed by atoms with Crippen LogP contribution in [0.4, 0.5) is 24.7 Å². The highest BCUT2D eigenvalue weighted by Gasteiger charge is 2.33. The van der Waals surface area contributed by atoms with Crippen molar-refractivity contribution in [2.24, 2.45) is 0 Å². The topological polar surface area (TPSA) is 85.2 Å². The number of carbonyl (C=O) groups excluding carboxylic acids is 2. The van der Waals surface area contributed by atoms with Gasteiger partial charge in [0.2, 0.25) is 11.8 Å². The minimum Gasteiger partial charge on any atom is -0.497 e. The smallest absolute Gasteiger partial charge is 0.416 e. The molecule has 0 unspecified atom stereocenters. The molecule has 4 rings (SSSR count). The van der Waals surface area contributed by atoms with Gasteiger partial charge in [-0.25, -0.2) is 4.68 Å². The second kappa shape index (κ2) is 7.78. The van der Waals surface area contributed by atoms with Crippen molar-refractivity contribution in [3.05, 3.63) is 60.2 Å². The van der Waals surface area contributed by atoms with Crippen molar-refractivity contribution in [2.45, 2.75) is 18.6 Å². The monoisotopic (exact) mass is 430 g/mol. The van der Waals surface area contributed by atoms with E-state index in [4.69, 9.17) is 4.74 Å². The molecule has 0 fully saturated rings. The molecule has 0 bridgehead atoms. The summed E-state index contributed by atoms with van der Waals surface area (Å²) in [6, 6.07) is 12.0. The van der Waals surface area contributed by atoms with E-state index in [1.165, 1.54) is 16.8 Å². The average molecular weight is 430 g/mol. The molecule has 2 N–H and O–H groups in total. The third-order valence-corrected chi connectivity index (χ3v) is 4.82. The van der Waals surface area contributed by atoms with Gasteiger partial charge < -0.3 is 15.4 Å².